The van der Waals surface area contributed by atoms with Crippen LogP contribution in [0.5, 0.6) is 0 Å². The van der Waals surface area contributed by atoms with E-state index in [0.717, 1.165) is 22.1 Å². The number of pyridine rings is 1. The molecule has 6 heteroatoms. The lowest BCUT2D eigenvalue weighted by Gasteiger charge is -2.12. The van der Waals surface area contributed by atoms with E-state index < -0.39 is 5.97 Å². The summed E-state index contributed by atoms with van der Waals surface area (Å²) in [5.74, 6) is -0.597. The van der Waals surface area contributed by atoms with Gasteiger partial charge in [-0.25, -0.2) is 9.78 Å². The predicted octanol–water partition coefficient (Wildman–Crippen LogP) is 3.43. The minimum absolute atomic E-state index is 0.0690. The van der Waals surface area contributed by atoms with E-state index >= 15 is 0 Å². The van der Waals surface area contributed by atoms with Gasteiger partial charge in [-0.1, -0.05) is 22.9 Å². The Morgan fingerprint density at radius 1 is 1.45 bits per heavy atom. The van der Waals surface area contributed by atoms with Gasteiger partial charge in [0.25, 0.3) is 0 Å². The molecule has 1 aromatic heterocycles. The number of carbonyl (C=O) groups is 1. The minimum atomic E-state index is -1.05. The molecule has 20 heavy (non-hydrogen) atoms. The highest BCUT2D eigenvalue weighted by molar-refractivity contribution is 9.10. The number of rotatable bonds is 4. The number of aromatic carboxylic acids is 1. The van der Waals surface area contributed by atoms with Crippen LogP contribution in [0.1, 0.15) is 22.8 Å². The number of carboxylic acid groups (broad SMARTS) is 1. The molecule has 0 radical (unpaired) electrons. The van der Waals surface area contributed by atoms with Crippen LogP contribution >= 0.6 is 15.9 Å². The molecule has 0 amide bonds. The Labute approximate surface area is 125 Å². The van der Waals surface area contributed by atoms with Gasteiger partial charge in [-0.05, 0) is 36.2 Å². The number of nitrogens with zero attached hydrogens (tertiary/aromatic N) is 1. The van der Waals surface area contributed by atoms with Crippen molar-refractivity contribution in [1.29, 1.82) is 0 Å². The van der Waals surface area contributed by atoms with Gasteiger partial charge >= 0.3 is 5.97 Å². The number of benzene rings is 1. The van der Waals surface area contributed by atoms with Crippen LogP contribution in [0.2, 0.25) is 0 Å². The standard InChI is InChI=1S/C14H14BrN3O2/c1-2-8-5-10(15)3-4-12(8)18-13-11(16)6-9(7-17-13)14(19)20/h3-7H,2,16H2,1H3,(H,17,18)(H,19,20). The molecule has 0 saturated heterocycles. The molecule has 0 unspecified atom stereocenters. The SMILES string of the molecule is CCc1cc(Br)ccc1Nc1ncc(C(=O)O)cc1N. The van der Waals surface area contributed by atoms with Gasteiger partial charge in [0.2, 0.25) is 0 Å². The molecule has 1 heterocycles. The summed E-state index contributed by atoms with van der Waals surface area (Å²) in [5.41, 5.74) is 8.22. The lowest BCUT2D eigenvalue weighted by molar-refractivity contribution is 0.0696. The van der Waals surface area contributed by atoms with Gasteiger partial charge in [-0.15, -0.1) is 0 Å². The van der Waals surface area contributed by atoms with E-state index in [9.17, 15) is 4.79 Å². The quantitative estimate of drug-likeness (QED) is 0.796. The fraction of sp³-hybridized carbons (Fsp3) is 0.143. The van der Waals surface area contributed by atoms with Crippen molar-refractivity contribution in [2.24, 2.45) is 0 Å². The summed E-state index contributed by atoms with van der Waals surface area (Å²) in [6.45, 7) is 2.05. The average molecular weight is 336 g/mol. The number of nitrogen functional groups attached to an aromatic ring is 1. The number of nitrogens with one attached hydrogen (secondary N) is 1. The molecule has 0 fully saturated rings. The molecular formula is C14H14BrN3O2. The molecule has 2 rings (SSSR count). The van der Waals surface area contributed by atoms with Crippen molar-refractivity contribution in [3.8, 4) is 0 Å². The Morgan fingerprint density at radius 2 is 2.20 bits per heavy atom. The fourth-order valence-corrected chi connectivity index (χ4v) is 2.22. The first-order valence-electron chi connectivity index (χ1n) is 6.05. The summed E-state index contributed by atoms with van der Waals surface area (Å²) < 4.78 is 1.00. The van der Waals surface area contributed by atoms with Crippen LogP contribution in [0.3, 0.4) is 0 Å². The van der Waals surface area contributed by atoms with Crippen LogP contribution in [0.4, 0.5) is 17.2 Å². The van der Waals surface area contributed by atoms with E-state index in [1.54, 1.807) is 0 Å². The van der Waals surface area contributed by atoms with Gasteiger partial charge in [0.05, 0.1) is 11.3 Å². The van der Waals surface area contributed by atoms with Crippen molar-refractivity contribution in [2.75, 3.05) is 11.1 Å². The van der Waals surface area contributed by atoms with Gasteiger partial charge in [-0.2, -0.15) is 0 Å². The predicted molar refractivity (Wildman–Crippen MR) is 82.4 cm³/mol. The van der Waals surface area contributed by atoms with Gasteiger partial charge < -0.3 is 16.2 Å². The maximum Gasteiger partial charge on any atom is 0.337 e. The van der Waals surface area contributed by atoms with Crippen molar-refractivity contribution in [3.63, 3.8) is 0 Å². The molecule has 2 aromatic rings. The van der Waals surface area contributed by atoms with E-state index in [1.807, 2.05) is 18.2 Å². The molecule has 0 aliphatic heterocycles. The van der Waals surface area contributed by atoms with Crippen LogP contribution in [0.15, 0.2) is 34.9 Å². The zero-order chi connectivity index (χ0) is 14.7. The van der Waals surface area contributed by atoms with Gasteiger partial charge in [0, 0.05) is 16.4 Å². The van der Waals surface area contributed by atoms with Crippen molar-refractivity contribution < 1.29 is 9.90 Å². The molecule has 0 bridgehead atoms. The van der Waals surface area contributed by atoms with Crippen LogP contribution in [-0.4, -0.2) is 16.1 Å². The topological polar surface area (TPSA) is 88.2 Å². The minimum Gasteiger partial charge on any atom is -0.478 e. The molecule has 0 aliphatic rings. The second-order valence-corrected chi connectivity index (χ2v) is 5.16. The highest BCUT2D eigenvalue weighted by Crippen LogP contribution is 2.27. The third kappa shape index (κ3) is 3.08. The molecular weight excluding hydrogens is 322 g/mol. The van der Waals surface area contributed by atoms with Crippen molar-refractivity contribution >= 4 is 39.1 Å². The summed E-state index contributed by atoms with van der Waals surface area (Å²) in [6.07, 6.45) is 2.14. The molecule has 104 valence electrons. The third-order valence-electron chi connectivity index (χ3n) is 2.87. The van der Waals surface area contributed by atoms with E-state index in [0.29, 0.717) is 11.5 Å². The van der Waals surface area contributed by atoms with Gasteiger partial charge in [-0.3, -0.25) is 0 Å². The molecule has 5 nitrogen and oxygen atoms in total. The number of halogens is 1. The maximum absolute atomic E-state index is 10.8. The number of aromatic nitrogens is 1. The van der Waals surface area contributed by atoms with Crippen LogP contribution in [-0.2, 0) is 6.42 Å². The van der Waals surface area contributed by atoms with Crippen molar-refractivity contribution in [2.45, 2.75) is 13.3 Å². The summed E-state index contributed by atoms with van der Waals surface area (Å²) in [6, 6.07) is 7.25. The fourth-order valence-electron chi connectivity index (χ4n) is 1.81. The molecule has 0 saturated carbocycles. The van der Waals surface area contributed by atoms with E-state index in [1.165, 1.54) is 12.3 Å². The van der Waals surface area contributed by atoms with Crippen molar-refractivity contribution in [1.82, 2.24) is 4.98 Å². The molecule has 0 atom stereocenters. The summed E-state index contributed by atoms with van der Waals surface area (Å²) in [5, 5.41) is 12.0. The first-order valence-corrected chi connectivity index (χ1v) is 6.84. The number of hydrogen-bond donors (Lipinski definition) is 3. The summed E-state index contributed by atoms with van der Waals surface area (Å²) in [4.78, 5) is 14.9. The Bertz CT molecular complexity index is 659. The van der Waals surface area contributed by atoms with E-state index in [-0.39, 0.29) is 5.56 Å². The number of anilines is 3. The second kappa shape index (κ2) is 5.92. The van der Waals surface area contributed by atoms with Gasteiger partial charge in [0.15, 0.2) is 5.82 Å². The Hall–Kier alpha value is -2.08. The van der Waals surface area contributed by atoms with Crippen LogP contribution in [0.25, 0.3) is 0 Å². The summed E-state index contributed by atoms with van der Waals surface area (Å²) >= 11 is 3.43. The number of aryl methyl sites for hydroxylation is 1. The number of carboxylic acids is 1. The highest BCUT2D eigenvalue weighted by atomic mass is 79.9. The largest absolute Gasteiger partial charge is 0.478 e. The first kappa shape index (κ1) is 14.3. The molecule has 0 spiro atoms. The monoisotopic (exact) mass is 335 g/mol. The second-order valence-electron chi connectivity index (χ2n) is 4.25. The first-order chi connectivity index (χ1) is 9.51. The van der Waals surface area contributed by atoms with Crippen LogP contribution in [0, 0.1) is 0 Å². The third-order valence-corrected chi connectivity index (χ3v) is 3.36. The van der Waals surface area contributed by atoms with Crippen LogP contribution < -0.4 is 11.1 Å². The highest BCUT2D eigenvalue weighted by Gasteiger charge is 2.09. The zero-order valence-corrected chi connectivity index (χ0v) is 12.4. The average Bonchev–Trinajstić information content (AvgIpc) is 2.42. The summed E-state index contributed by atoms with van der Waals surface area (Å²) in [7, 11) is 0. The van der Waals surface area contributed by atoms with E-state index in [2.05, 4.69) is 33.2 Å². The molecule has 1 aromatic carbocycles. The Morgan fingerprint density at radius 3 is 2.80 bits per heavy atom. The van der Waals surface area contributed by atoms with E-state index in [4.69, 9.17) is 10.8 Å². The van der Waals surface area contributed by atoms with Gasteiger partial charge in [0.1, 0.15) is 0 Å². The zero-order valence-electron chi connectivity index (χ0n) is 10.9. The maximum atomic E-state index is 10.8. The Kier molecular flexibility index (Phi) is 4.24. The number of hydrogen-bond acceptors (Lipinski definition) is 4. The normalized spacial score (nSPS) is 10.3. The van der Waals surface area contributed by atoms with Crippen molar-refractivity contribution in [3.05, 3.63) is 46.1 Å². The lowest BCUT2D eigenvalue weighted by Crippen LogP contribution is -2.05. The lowest BCUT2D eigenvalue weighted by atomic mass is 10.1. The number of nitrogens with two attached hydrogens (primary N) is 1. The molecule has 0 aliphatic carbocycles. The smallest absolute Gasteiger partial charge is 0.337 e. The molecule has 4 N–H and O–H groups in total. The Balaban J connectivity index is 2.33.